The molecule has 62 valence electrons. The molecular weight excluding hydrogens is 203 g/mol. The second-order valence-electron chi connectivity index (χ2n) is 0.565. The molecule has 0 fully saturated rings. The predicted molar refractivity (Wildman–Crippen MR) is 30.8 cm³/mol. The van der Waals surface area contributed by atoms with Crippen molar-refractivity contribution in [3.63, 3.8) is 0 Å². The van der Waals surface area contributed by atoms with E-state index >= 15 is 0 Å². The van der Waals surface area contributed by atoms with Gasteiger partial charge in [-0.2, -0.15) is 0 Å². The average Bonchev–Trinajstić information content (AvgIpc) is 1.25. The first kappa shape index (κ1) is 37.5. The molecular formula is C2H11NNa3O6+. The monoisotopic (exact) mass is 214 g/mol. The average molecular weight is 214 g/mol. The summed E-state index contributed by atoms with van der Waals surface area (Å²) in [6, 6.07) is 0. The molecule has 0 radical (unpaired) electrons. The number of carbonyl (C=O) groups is 2. The van der Waals surface area contributed by atoms with Gasteiger partial charge in [-0.3, -0.25) is 0 Å². The van der Waals surface area contributed by atoms with Crippen molar-refractivity contribution in [1.29, 1.82) is 0 Å². The van der Waals surface area contributed by atoms with Crippen molar-refractivity contribution < 1.29 is 124 Å². The third-order valence-corrected chi connectivity index (χ3v) is 0. The van der Waals surface area contributed by atoms with E-state index in [0.717, 1.165) is 0 Å². The summed E-state index contributed by atoms with van der Waals surface area (Å²) in [6.07, 6.45) is -3.67. The Hall–Kier alpha value is 1.50. The predicted octanol–water partition coefficient (Wildman–Crippen LogP) is -7.93. The van der Waals surface area contributed by atoms with Gasteiger partial charge >= 0.3 is 102 Å². The van der Waals surface area contributed by atoms with Gasteiger partial charge in [0.25, 0.3) is 0 Å². The summed E-state index contributed by atoms with van der Waals surface area (Å²) in [5.74, 6) is 0. The van der Waals surface area contributed by atoms with Crippen LogP contribution in [0.5, 0.6) is 0 Å². The molecule has 0 bridgehead atoms. The van der Waals surface area contributed by atoms with E-state index in [-0.39, 0.29) is 101 Å². The molecule has 0 heterocycles. The fraction of sp³-hybridized carbons (Fsp3) is 0. The van der Waals surface area contributed by atoms with Crippen LogP contribution in [0, 0.1) is 0 Å². The van der Waals surface area contributed by atoms with Gasteiger partial charge < -0.3 is 30.9 Å². The minimum Gasteiger partial charge on any atom is -1.00 e. The van der Waals surface area contributed by atoms with E-state index in [9.17, 15) is 0 Å². The maximum Gasteiger partial charge on any atom is 1.00 e. The molecule has 12 heavy (non-hydrogen) atoms. The van der Waals surface area contributed by atoms with Crippen molar-refractivity contribution in [2.24, 2.45) is 0 Å². The first-order valence-corrected chi connectivity index (χ1v) is 1.30. The second-order valence-corrected chi connectivity index (χ2v) is 0.565. The van der Waals surface area contributed by atoms with Gasteiger partial charge in [0.15, 0.2) is 0 Å². The normalized spacial score (nSPS) is 4.00. The molecule has 0 aromatic rings. The Morgan fingerprint density at radius 2 is 0.833 bits per heavy atom. The van der Waals surface area contributed by atoms with Gasteiger partial charge in [0.05, 0.1) is 0 Å². The largest absolute Gasteiger partial charge is 1.00 e. The minimum atomic E-state index is -1.83. The van der Waals surface area contributed by atoms with Gasteiger partial charge in [0.2, 0.25) is 0 Å². The van der Waals surface area contributed by atoms with Crippen molar-refractivity contribution >= 4 is 12.3 Å². The van der Waals surface area contributed by atoms with Crippen LogP contribution in [0.2, 0.25) is 0 Å². The fourth-order valence-corrected chi connectivity index (χ4v) is 0. The molecule has 0 unspecified atom stereocenters. The molecule has 0 aliphatic heterocycles. The zero-order chi connectivity index (χ0) is 7.15. The van der Waals surface area contributed by atoms with Gasteiger partial charge in [-0.1, -0.05) is 0 Å². The Balaban J connectivity index is -0.00000000375. The molecule has 0 amide bonds. The molecule has 0 spiro atoms. The summed E-state index contributed by atoms with van der Waals surface area (Å²) in [5.41, 5.74) is 0. The maximum atomic E-state index is 8.56. The van der Waals surface area contributed by atoms with Crippen molar-refractivity contribution in [3.8, 4) is 0 Å². The Bertz CT molecular complexity index is 91.8. The SMILES string of the molecule is N.O=C(O)O.O=C(O)O.[H+].[H-].[H-].[H-].[Na+].[Na+].[Na+]. The molecule has 0 atom stereocenters. The third-order valence-electron chi connectivity index (χ3n) is 0. The van der Waals surface area contributed by atoms with E-state index < -0.39 is 12.3 Å². The summed E-state index contributed by atoms with van der Waals surface area (Å²) < 4.78 is 0. The summed E-state index contributed by atoms with van der Waals surface area (Å²) in [4.78, 5) is 17.1. The number of rotatable bonds is 0. The molecule has 0 saturated carbocycles. The van der Waals surface area contributed by atoms with Crippen molar-refractivity contribution in [3.05, 3.63) is 0 Å². The Morgan fingerprint density at radius 3 is 0.833 bits per heavy atom. The molecule has 0 aromatic heterocycles. The quantitative estimate of drug-likeness (QED) is 0.251. The van der Waals surface area contributed by atoms with E-state index in [4.69, 9.17) is 30.0 Å². The first-order chi connectivity index (χ1) is 3.46. The summed E-state index contributed by atoms with van der Waals surface area (Å²) in [7, 11) is 0. The van der Waals surface area contributed by atoms with E-state index in [1.807, 2.05) is 0 Å². The maximum absolute atomic E-state index is 8.56. The molecule has 0 aromatic carbocycles. The summed E-state index contributed by atoms with van der Waals surface area (Å²) in [6.45, 7) is 0. The van der Waals surface area contributed by atoms with Crippen LogP contribution in [0.4, 0.5) is 9.59 Å². The Morgan fingerprint density at radius 1 is 0.833 bits per heavy atom. The van der Waals surface area contributed by atoms with E-state index in [1.54, 1.807) is 0 Å². The Labute approximate surface area is 141 Å². The Kier molecular flexibility index (Phi) is 91.8. The third kappa shape index (κ3) is 564. The van der Waals surface area contributed by atoms with Crippen LogP contribution in [0.25, 0.3) is 0 Å². The number of carboxylic acid groups (broad SMARTS) is 4. The molecule has 7 nitrogen and oxygen atoms in total. The minimum absolute atomic E-state index is 0. The van der Waals surface area contributed by atoms with Crippen molar-refractivity contribution in [2.75, 3.05) is 0 Å². The van der Waals surface area contributed by atoms with Gasteiger partial charge in [-0.15, -0.1) is 0 Å². The van der Waals surface area contributed by atoms with E-state index in [2.05, 4.69) is 0 Å². The molecule has 0 aliphatic rings. The molecule has 7 N–H and O–H groups in total. The van der Waals surface area contributed by atoms with E-state index in [1.165, 1.54) is 0 Å². The second kappa shape index (κ2) is 29.4. The van der Waals surface area contributed by atoms with Gasteiger partial charge in [-0.05, 0) is 0 Å². The molecule has 0 saturated heterocycles. The van der Waals surface area contributed by atoms with Crippen molar-refractivity contribution in [1.82, 2.24) is 6.15 Å². The van der Waals surface area contributed by atoms with Gasteiger partial charge in [0.1, 0.15) is 0 Å². The molecule has 0 aliphatic carbocycles. The van der Waals surface area contributed by atoms with Crippen LogP contribution in [0.1, 0.15) is 5.71 Å². The van der Waals surface area contributed by atoms with Crippen LogP contribution in [-0.2, 0) is 0 Å². The summed E-state index contributed by atoms with van der Waals surface area (Å²) >= 11 is 0. The summed E-state index contributed by atoms with van der Waals surface area (Å²) in [5, 5.41) is 27.9. The zero-order valence-corrected chi connectivity index (χ0v) is 13.3. The van der Waals surface area contributed by atoms with Crippen LogP contribution >= 0.6 is 0 Å². The van der Waals surface area contributed by atoms with Gasteiger partial charge in [-0.25, -0.2) is 9.59 Å². The fourth-order valence-electron chi connectivity index (χ4n) is 0. The van der Waals surface area contributed by atoms with Crippen LogP contribution in [-0.4, -0.2) is 32.7 Å². The number of hydrogen-bond donors (Lipinski definition) is 5. The zero-order valence-electron chi connectivity index (χ0n) is 11.3. The van der Waals surface area contributed by atoms with E-state index in [0.29, 0.717) is 0 Å². The van der Waals surface area contributed by atoms with Crippen LogP contribution in [0.3, 0.4) is 0 Å². The first-order valence-electron chi connectivity index (χ1n) is 1.30. The molecule has 0 rings (SSSR count). The standard InChI is InChI=1S/2CH2O3.H3N.3Na.3H/c2*2-1(3)4;;;;;;;/h2*(H2,2,3,4);1H3;;;;;;/q;;;3*+1;3*-1/p+1. The van der Waals surface area contributed by atoms with Crippen molar-refractivity contribution in [2.45, 2.75) is 0 Å². The topological polar surface area (TPSA) is 150 Å². The molecule has 10 heteroatoms. The number of hydrogen-bond acceptors (Lipinski definition) is 3. The van der Waals surface area contributed by atoms with Gasteiger partial charge in [0, 0.05) is 0 Å². The van der Waals surface area contributed by atoms with Crippen LogP contribution < -0.4 is 94.8 Å². The smallest absolute Gasteiger partial charge is 1.00 e. The van der Waals surface area contributed by atoms with Crippen LogP contribution in [0.15, 0.2) is 0 Å².